The fourth-order valence-electron chi connectivity index (χ4n) is 2.21. The minimum Gasteiger partial charge on any atom is -0.316 e. The van der Waals surface area contributed by atoms with Crippen molar-refractivity contribution in [3.8, 4) is 0 Å². The topological polar surface area (TPSA) is 29.1 Å². The Kier molecular flexibility index (Phi) is 3.17. The van der Waals surface area contributed by atoms with Crippen molar-refractivity contribution in [1.82, 2.24) is 5.32 Å². The molecule has 0 aromatic heterocycles. The van der Waals surface area contributed by atoms with Gasteiger partial charge in [-0.15, -0.1) is 0 Å². The maximum Gasteiger partial charge on any atom is 0.139 e. The third-order valence-electron chi connectivity index (χ3n) is 3.25. The lowest BCUT2D eigenvalue weighted by Gasteiger charge is -2.27. The van der Waals surface area contributed by atoms with Crippen LogP contribution in [0, 0.1) is 5.92 Å². The molecule has 1 aliphatic heterocycles. The molecule has 2 nitrogen and oxygen atoms in total. The lowest BCUT2D eigenvalue weighted by molar-refractivity contribution is -0.124. The lowest BCUT2D eigenvalue weighted by Crippen LogP contribution is -2.39. The molecule has 1 aliphatic rings. The lowest BCUT2D eigenvalue weighted by atomic mass is 9.82. The van der Waals surface area contributed by atoms with Crippen LogP contribution in [-0.4, -0.2) is 18.9 Å². The van der Waals surface area contributed by atoms with E-state index in [-0.39, 0.29) is 5.92 Å². The molecular weight excluding hydrogens is 186 g/mol. The van der Waals surface area contributed by atoms with Gasteiger partial charge in [0.2, 0.25) is 0 Å². The van der Waals surface area contributed by atoms with Gasteiger partial charge in [0, 0.05) is 25.4 Å². The highest BCUT2D eigenvalue weighted by Gasteiger charge is 2.27. The predicted octanol–water partition coefficient (Wildman–Crippen LogP) is 1.97. The zero-order chi connectivity index (χ0) is 10.7. The average molecular weight is 203 g/mol. The predicted molar refractivity (Wildman–Crippen MR) is 60.8 cm³/mol. The highest BCUT2D eigenvalue weighted by Crippen LogP contribution is 2.26. The molecule has 15 heavy (non-hydrogen) atoms. The van der Waals surface area contributed by atoms with Crippen molar-refractivity contribution < 1.29 is 4.79 Å². The standard InChI is InChI=1S/C13H17NO/c1-10(11-5-3-2-4-6-11)12-9-14-8-7-13(12)15/h2-6,10,12,14H,7-9H2,1H3. The zero-order valence-electron chi connectivity index (χ0n) is 9.07. The van der Waals surface area contributed by atoms with Crippen molar-refractivity contribution in [2.75, 3.05) is 13.1 Å². The third kappa shape index (κ3) is 2.26. The van der Waals surface area contributed by atoms with E-state index in [0.29, 0.717) is 18.1 Å². The molecule has 2 unspecified atom stereocenters. The van der Waals surface area contributed by atoms with Crippen molar-refractivity contribution in [3.63, 3.8) is 0 Å². The molecule has 1 N–H and O–H groups in total. The van der Waals surface area contributed by atoms with Crippen LogP contribution in [0.1, 0.15) is 24.8 Å². The molecule has 0 saturated carbocycles. The number of carbonyl (C=O) groups excluding carboxylic acids is 1. The smallest absolute Gasteiger partial charge is 0.139 e. The Balaban J connectivity index is 2.13. The first kappa shape index (κ1) is 10.4. The molecule has 1 heterocycles. The van der Waals surface area contributed by atoms with E-state index in [4.69, 9.17) is 0 Å². The summed E-state index contributed by atoms with van der Waals surface area (Å²) in [5.74, 6) is 0.887. The maximum atomic E-state index is 11.8. The number of nitrogens with one attached hydrogen (secondary N) is 1. The third-order valence-corrected chi connectivity index (χ3v) is 3.25. The molecule has 1 saturated heterocycles. The van der Waals surface area contributed by atoms with Gasteiger partial charge < -0.3 is 5.32 Å². The Morgan fingerprint density at radius 3 is 2.73 bits per heavy atom. The second kappa shape index (κ2) is 4.58. The number of hydrogen-bond donors (Lipinski definition) is 1. The van der Waals surface area contributed by atoms with Crippen LogP contribution in [0.15, 0.2) is 30.3 Å². The minimum atomic E-state index is 0.154. The van der Waals surface area contributed by atoms with E-state index in [1.54, 1.807) is 0 Å². The van der Waals surface area contributed by atoms with Crippen LogP contribution in [0.5, 0.6) is 0 Å². The maximum absolute atomic E-state index is 11.8. The van der Waals surface area contributed by atoms with E-state index in [1.807, 2.05) is 18.2 Å². The van der Waals surface area contributed by atoms with Crippen LogP contribution in [0.2, 0.25) is 0 Å². The Bertz CT molecular complexity index is 334. The summed E-state index contributed by atoms with van der Waals surface area (Å²) in [5, 5.41) is 3.30. The van der Waals surface area contributed by atoms with E-state index in [2.05, 4.69) is 24.4 Å². The van der Waals surface area contributed by atoms with Crippen molar-refractivity contribution in [3.05, 3.63) is 35.9 Å². The molecule has 1 aromatic carbocycles. The summed E-state index contributed by atoms with van der Waals surface area (Å²) < 4.78 is 0. The van der Waals surface area contributed by atoms with Gasteiger partial charge >= 0.3 is 0 Å². The van der Waals surface area contributed by atoms with Crippen molar-refractivity contribution in [1.29, 1.82) is 0 Å². The van der Waals surface area contributed by atoms with Gasteiger partial charge in [0.05, 0.1) is 0 Å². The van der Waals surface area contributed by atoms with E-state index < -0.39 is 0 Å². The monoisotopic (exact) mass is 203 g/mol. The van der Waals surface area contributed by atoms with Crippen LogP contribution >= 0.6 is 0 Å². The molecule has 2 rings (SSSR count). The van der Waals surface area contributed by atoms with Crippen molar-refractivity contribution >= 4 is 5.78 Å². The SMILES string of the molecule is CC(c1ccccc1)C1CNCCC1=O. The zero-order valence-corrected chi connectivity index (χ0v) is 9.07. The summed E-state index contributed by atoms with van der Waals surface area (Å²) in [6.07, 6.45) is 0.682. The first-order valence-electron chi connectivity index (χ1n) is 5.57. The Hall–Kier alpha value is -1.15. The van der Waals surface area contributed by atoms with Gasteiger partial charge in [0.1, 0.15) is 5.78 Å². The molecule has 0 bridgehead atoms. The summed E-state index contributed by atoms with van der Waals surface area (Å²) >= 11 is 0. The molecule has 2 heteroatoms. The van der Waals surface area contributed by atoms with Gasteiger partial charge in [-0.25, -0.2) is 0 Å². The van der Waals surface area contributed by atoms with Crippen LogP contribution < -0.4 is 5.32 Å². The van der Waals surface area contributed by atoms with Crippen LogP contribution in [0.3, 0.4) is 0 Å². The first-order valence-corrected chi connectivity index (χ1v) is 5.57. The highest BCUT2D eigenvalue weighted by atomic mass is 16.1. The molecular formula is C13H17NO. The quantitative estimate of drug-likeness (QED) is 0.796. The number of rotatable bonds is 2. The number of piperidine rings is 1. The molecule has 0 radical (unpaired) electrons. The summed E-state index contributed by atoms with van der Waals surface area (Å²) in [6, 6.07) is 10.3. The Morgan fingerprint density at radius 2 is 2.07 bits per heavy atom. The van der Waals surface area contributed by atoms with Gasteiger partial charge in [-0.2, -0.15) is 0 Å². The van der Waals surface area contributed by atoms with E-state index in [1.165, 1.54) is 5.56 Å². The molecule has 80 valence electrons. The number of carbonyl (C=O) groups is 1. The van der Waals surface area contributed by atoms with Crippen LogP contribution in [0.4, 0.5) is 0 Å². The fourth-order valence-corrected chi connectivity index (χ4v) is 2.21. The molecule has 0 spiro atoms. The molecule has 0 aliphatic carbocycles. The van der Waals surface area contributed by atoms with Gasteiger partial charge in [-0.05, 0) is 11.5 Å². The molecule has 0 amide bonds. The summed E-state index contributed by atoms with van der Waals surface area (Å²) in [6.45, 7) is 3.82. The largest absolute Gasteiger partial charge is 0.316 e. The highest BCUT2D eigenvalue weighted by molar-refractivity contribution is 5.83. The summed E-state index contributed by atoms with van der Waals surface area (Å²) in [5.41, 5.74) is 1.26. The second-order valence-electron chi connectivity index (χ2n) is 4.23. The average Bonchev–Trinajstić information content (AvgIpc) is 2.30. The molecule has 1 aromatic rings. The molecule has 1 fully saturated rings. The number of ketones is 1. The van der Waals surface area contributed by atoms with Gasteiger partial charge in [0.15, 0.2) is 0 Å². The van der Waals surface area contributed by atoms with Gasteiger partial charge in [-0.1, -0.05) is 37.3 Å². The van der Waals surface area contributed by atoms with E-state index in [9.17, 15) is 4.79 Å². The number of Topliss-reactive ketones (excluding diaryl/α,β-unsaturated/α-hetero) is 1. The van der Waals surface area contributed by atoms with Gasteiger partial charge in [0.25, 0.3) is 0 Å². The van der Waals surface area contributed by atoms with Crippen molar-refractivity contribution in [2.24, 2.45) is 5.92 Å². The summed E-state index contributed by atoms with van der Waals surface area (Å²) in [4.78, 5) is 11.8. The number of hydrogen-bond acceptors (Lipinski definition) is 2. The normalized spacial score (nSPS) is 23.8. The summed E-state index contributed by atoms with van der Waals surface area (Å²) in [7, 11) is 0. The van der Waals surface area contributed by atoms with Crippen LogP contribution in [0.25, 0.3) is 0 Å². The fraction of sp³-hybridized carbons (Fsp3) is 0.462. The van der Waals surface area contributed by atoms with Crippen LogP contribution in [-0.2, 0) is 4.79 Å². The first-order chi connectivity index (χ1) is 7.29. The Morgan fingerprint density at radius 1 is 1.33 bits per heavy atom. The number of benzene rings is 1. The van der Waals surface area contributed by atoms with E-state index >= 15 is 0 Å². The van der Waals surface area contributed by atoms with E-state index in [0.717, 1.165) is 13.1 Å². The Labute approximate surface area is 90.7 Å². The molecule has 2 atom stereocenters. The second-order valence-corrected chi connectivity index (χ2v) is 4.23. The van der Waals surface area contributed by atoms with Gasteiger partial charge in [-0.3, -0.25) is 4.79 Å². The van der Waals surface area contributed by atoms with Crippen molar-refractivity contribution in [2.45, 2.75) is 19.3 Å². The minimum absolute atomic E-state index is 0.154.